The lowest BCUT2D eigenvalue weighted by Crippen LogP contribution is -2.52. The van der Waals surface area contributed by atoms with E-state index in [1.807, 2.05) is 0 Å². The van der Waals surface area contributed by atoms with Crippen LogP contribution in [0.4, 0.5) is 0 Å². The molecule has 1 aromatic carbocycles. The van der Waals surface area contributed by atoms with Gasteiger partial charge in [-0.05, 0) is 50.9 Å². The molecule has 1 heterocycles. The van der Waals surface area contributed by atoms with Crippen molar-refractivity contribution in [2.24, 2.45) is 0 Å². The third-order valence-electron chi connectivity index (χ3n) is 5.11. The van der Waals surface area contributed by atoms with Crippen LogP contribution in [0.5, 0.6) is 0 Å². The molecule has 3 atom stereocenters. The van der Waals surface area contributed by atoms with Gasteiger partial charge in [-0.2, -0.15) is 0 Å². The van der Waals surface area contributed by atoms with Crippen molar-refractivity contribution in [1.82, 2.24) is 10.2 Å². The summed E-state index contributed by atoms with van der Waals surface area (Å²) in [7, 11) is 2.09. The SMILES string of the molecule is CNC(C)C1CCCCN1CC1Cc2ccccc21. The first-order chi connectivity index (χ1) is 9.29. The van der Waals surface area contributed by atoms with Crippen molar-refractivity contribution in [2.45, 2.75) is 50.6 Å². The first-order valence-electron chi connectivity index (χ1n) is 7.78. The van der Waals surface area contributed by atoms with Gasteiger partial charge in [0.25, 0.3) is 0 Å². The zero-order valence-electron chi connectivity index (χ0n) is 12.2. The lowest BCUT2D eigenvalue weighted by Gasteiger charge is -2.43. The average molecular weight is 258 g/mol. The van der Waals surface area contributed by atoms with Crippen LogP contribution < -0.4 is 5.32 Å². The van der Waals surface area contributed by atoms with Crippen LogP contribution in [0.3, 0.4) is 0 Å². The molecular weight excluding hydrogens is 232 g/mol. The number of hydrogen-bond acceptors (Lipinski definition) is 2. The molecule has 1 N–H and O–H groups in total. The summed E-state index contributed by atoms with van der Waals surface area (Å²) in [5, 5.41) is 3.45. The molecule has 0 aromatic heterocycles. The number of benzene rings is 1. The highest BCUT2D eigenvalue weighted by Gasteiger charge is 2.32. The molecule has 0 bridgehead atoms. The molecular formula is C17H26N2. The molecule has 0 spiro atoms. The van der Waals surface area contributed by atoms with Crippen LogP contribution in [0.15, 0.2) is 24.3 Å². The van der Waals surface area contributed by atoms with Crippen LogP contribution in [0.2, 0.25) is 0 Å². The minimum Gasteiger partial charge on any atom is -0.316 e. The molecule has 0 saturated carbocycles. The highest BCUT2D eigenvalue weighted by atomic mass is 15.2. The van der Waals surface area contributed by atoms with Crippen molar-refractivity contribution < 1.29 is 0 Å². The Morgan fingerprint density at radius 1 is 1.32 bits per heavy atom. The fourth-order valence-electron chi connectivity index (χ4n) is 3.81. The van der Waals surface area contributed by atoms with E-state index in [0.717, 1.165) is 12.0 Å². The number of likely N-dealkylation sites (N-methyl/N-ethyl adjacent to an activating group) is 1. The molecule has 104 valence electrons. The van der Waals surface area contributed by atoms with Gasteiger partial charge in [0.1, 0.15) is 0 Å². The zero-order chi connectivity index (χ0) is 13.2. The smallest absolute Gasteiger partial charge is 0.0246 e. The van der Waals surface area contributed by atoms with Gasteiger partial charge in [-0.15, -0.1) is 0 Å². The van der Waals surface area contributed by atoms with E-state index in [9.17, 15) is 0 Å². The van der Waals surface area contributed by atoms with Crippen molar-refractivity contribution in [3.63, 3.8) is 0 Å². The Labute approximate surface area is 117 Å². The van der Waals surface area contributed by atoms with Crippen molar-refractivity contribution >= 4 is 0 Å². The van der Waals surface area contributed by atoms with Crippen LogP contribution in [0, 0.1) is 0 Å². The van der Waals surface area contributed by atoms with E-state index in [0.29, 0.717) is 6.04 Å². The standard InChI is InChI=1S/C17H26N2/c1-13(18-2)17-9-5-6-10-19(17)12-15-11-14-7-3-4-8-16(14)15/h3-4,7-8,13,15,17-18H,5-6,9-12H2,1-2H3. The topological polar surface area (TPSA) is 15.3 Å². The number of piperidine rings is 1. The number of fused-ring (bicyclic) bond motifs is 1. The summed E-state index contributed by atoms with van der Waals surface area (Å²) >= 11 is 0. The van der Waals surface area contributed by atoms with Crippen LogP contribution in [-0.4, -0.2) is 37.1 Å². The Balaban J connectivity index is 1.66. The highest BCUT2D eigenvalue weighted by Crippen LogP contribution is 2.36. The summed E-state index contributed by atoms with van der Waals surface area (Å²) in [5.41, 5.74) is 3.17. The summed E-state index contributed by atoms with van der Waals surface area (Å²) in [4.78, 5) is 2.74. The molecule has 3 rings (SSSR count). The summed E-state index contributed by atoms with van der Waals surface area (Å²) in [6, 6.07) is 10.3. The maximum Gasteiger partial charge on any atom is 0.0246 e. The molecule has 2 aliphatic rings. The minimum atomic E-state index is 0.607. The van der Waals surface area contributed by atoms with E-state index < -0.39 is 0 Å². The van der Waals surface area contributed by atoms with E-state index in [1.54, 1.807) is 11.1 Å². The second kappa shape index (κ2) is 5.64. The van der Waals surface area contributed by atoms with Crippen molar-refractivity contribution in [1.29, 1.82) is 0 Å². The Hall–Kier alpha value is -0.860. The lowest BCUT2D eigenvalue weighted by atomic mass is 9.77. The van der Waals surface area contributed by atoms with E-state index in [-0.39, 0.29) is 0 Å². The molecule has 19 heavy (non-hydrogen) atoms. The van der Waals surface area contributed by atoms with Gasteiger partial charge in [-0.25, -0.2) is 0 Å². The van der Waals surface area contributed by atoms with Gasteiger partial charge >= 0.3 is 0 Å². The normalized spacial score (nSPS) is 28.5. The van der Waals surface area contributed by atoms with Gasteiger partial charge in [0, 0.05) is 24.5 Å². The quantitative estimate of drug-likeness (QED) is 0.893. The van der Waals surface area contributed by atoms with E-state index in [4.69, 9.17) is 0 Å². The van der Waals surface area contributed by atoms with E-state index >= 15 is 0 Å². The summed E-state index contributed by atoms with van der Waals surface area (Å²) in [6.45, 7) is 4.88. The van der Waals surface area contributed by atoms with Crippen LogP contribution in [0.25, 0.3) is 0 Å². The fraction of sp³-hybridized carbons (Fsp3) is 0.647. The third-order valence-corrected chi connectivity index (χ3v) is 5.11. The third kappa shape index (κ3) is 2.56. The average Bonchev–Trinajstić information content (AvgIpc) is 2.44. The molecule has 1 aromatic rings. The summed E-state index contributed by atoms with van der Waals surface area (Å²) in [5.74, 6) is 0.779. The van der Waals surface area contributed by atoms with Gasteiger partial charge < -0.3 is 5.32 Å². The molecule has 1 fully saturated rings. The van der Waals surface area contributed by atoms with Crippen LogP contribution >= 0.6 is 0 Å². The summed E-state index contributed by atoms with van der Waals surface area (Å²) < 4.78 is 0. The fourth-order valence-corrected chi connectivity index (χ4v) is 3.81. The largest absolute Gasteiger partial charge is 0.316 e. The molecule has 1 saturated heterocycles. The maximum absolute atomic E-state index is 3.45. The molecule has 3 unspecified atom stereocenters. The van der Waals surface area contributed by atoms with Gasteiger partial charge in [-0.3, -0.25) is 4.90 Å². The monoisotopic (exact) mass is 258 g/mol. The second-order valence-corrected chi connectivity index (χ2v) is 6.24. The second-order valence-electron chi connectivity index (χ2n) is 6.24. The maximum atomic E-state index is 3.45. The molecule has 1 aliphatic carbocycles. The number of hydrogen-bond donors (Lipinski definition) is 1. The van der Waals surface area contributed by atoms with Gasteiger partial charge in [-0.1, -0.05) is 30.7 Å². The van der Waals surface area contributed by atoms with Gasteiger partial charge in [0.2, 0.25) is 0 Å². The van der Waals surface area contributed by atoms with Crippen molar-refractivity contribution in [3.05, 3.63) is 35.4 Å². The summed E-state index contributed by atoms with van der Waals surface area (Å²) in [6.07, 6.45) is 5.42. The van der Waals surface area contributed by atoms with Crippen molar-refractivity contribution in [2.75, 3.05) is 20.1 Å². The molecule has 2 heteroatoms. The Morgan fingerprint density at radius 2 is 2.16 bits per heavy atom. The predicted octanol–water partition coefficient (Wildman–Crippen LogP) is 2.79. The number of nitrogens with zero attached hydrogens (tertiary/aromatic N) is 1. The van der Waals surface area contributed by atoms with Gasteiger partial charge in [0.05, 0.1) is 0 Å². The predicted molar refractivity (Wildman–Crippen MR) is 80.6 cm³/mol. The minimum absolute atomic E-state index is 0.607. The Bertz CT molecular complexity index is 429. The van der Waals surface area contributed by atoms with E-state index in [1.165, 1.54) is 38.8 Å². The number of nitrogens with one attached hydrogen (secondary N) is 1. The molecule has 0 radical (unpaired) electrons. The van der Waals surface area contributed by atoms with Gasteiger partial charge in [0.15, 0.2) is 0 Å². The number of likely N-dealkylation sites (tertiary alicyclic amines) is 1. The molecule has 1 aliphatic heterocycles. The molecule has 0 amide bonds. The molecule has 2 nitrogen and oxygen atoms in total. The zero-order valence-corrected chi connectivity index (χ0v) is 12.2. The Morgan fingerprint density at radius 3 is 2.95 bits per heavy atom. The first kappa shape index (κ1) is 13.1. The lowest BCUT2D eigenvalue weighted by molar-refractivity contribution is 0.111. The van der Waals surface area contributed by atoms with Crippen LogP contribution in [-0.2, 0) is 6.42 Å². The van der Waals surface area contributed by atoms with E-state index in [2.05, 4.69) is 48.5 Å². The van der Waals surface area contributed by atoms with Crippen molar-refractivity contribution in [3.8, 4) is 0 Å². The highest BCUT2D eigenvalue weighted by molar-refractivity contribution is 5.40. The first-order valence-corrected chi connectivity index (χ1v) is 7.78. The Kier molecular flexibility index (Phi) is 3.90. The van der Waals surface area contributed by atoms with Crippen LogP contribution in [0.1, 0.15) is 43.2 Å². The number of rotatable bonds is 4.